The summed E-state index contributed by atoms with van der Waals surface area (Å²) in [5.74, 6) is 0.764. The van der Waals surface area contributed by atoms with Crippen molar-refractivity contribution in [2.24, 2.45) is 11.3 Å². The van der Waals surface area contributed by atoms with Crippen molar-refractivity contribution in [3.63, 3.8) is 0 Å². The van der Waals surface area contributed by atoms with Gasteiger partial charge < -0.3 is 5.11 Å². The Morgan fingerprint density at radius 3 is 2.85 bits per heavy atom. The molecule has 0 bridgehead atoms. The van der Waals surface area contributed by atoms with Crippen molar-refractivity contribution < 1.29 is 5.11 Å². The van der Waals surface area contributed by atoms with E-state index in [0.717, 1.165) is 12.3 Å². The van der Waals surface area contributed by atoms with Crippen molar-refractivity contribution in [2.45, 2.75) is 26.2 Å². The quantitative estimate of drug-likeness (QED) is 0.785. The molecule has 1 N–H and O–H groups in total. The van der Waals surface area contributed by atoms with Crippen molar-refractivity contribution in [2.75, 3.05) is 6.61 Å². The number of aliphatic hydroxyl groups is 1. The molecule has 1 atom stereocenters. The maximum Gasteiger partial charge on any atom is 0.0490 e. The predicted molar refractivity (Wildman–Crippen MR) is 55.9 cm³/mol. The summed E-state index contributed by atoms with van der Waals surface area (Å²) >= 11 is 1.80. The summed E-state index contributed by atoms with van der Waals surface area (Å²) in [6.07, 6.45) is 3.66. The van der Waals surface area contributed by atoms with Crippen LogP contribution in [0.2, 0.25) is 0 Å². The first kappa shape index (κ1) is 9.22. The third kappa shape index (κ3) is 1.94. The molecule has 1 nitrogen and oxygen atoms in total. The molecule has 1 aromatic rings. The topological polar surface area (TPSA) is 20.2 Å². The van der Waals surface area contributed by atoms with Crippen molar-refractivity contribution >= 4 is 11.3 Å². The number of thiophene rings is 1. The average molecular weight is 196 g/mol. The Bertz CT molecular complexity index is 264. The first-order valence-electron chi connectivity index (χ1n) is 4.88. The second kappa shape index (κ2) is 3.43. The second-order valence-corrected chi connectivity index (χ2v) is 5.37. The van der Waals surface area contributed by atoms with Crippen LogP contribution in [0.25, 0.3) is 0 Å². The Morgan fingerprint density at radius 1 is 1.62 bits per heavy atom. The number of hydrogen-bond donors (Lipinski definition) is 1. The van der Waals surface area contributed by atoms with Crippen LogP contribution < -0.4 is 0 Å². The van der Waals surface area contributed by atoms with Crippen LogP contribution in [0, 0.1) is 11.3 Å². The van der Waals surface area contributed by atoms with Crippen LogP contribution in [0.1, 0.15) is 24.6 Å². The van der Waals surface area contributed by atoms with E-state index >= 15 is 0 Å². The van der Waals surface area contributed by atoms with Crippen LogP contribution in [-0.2, 0) is 6.42 Å². The molecule has 0 amide bonds. The third-order valence-corrected chi connectivity index (χ3v) is 3.96. The van der Waals surface area contributed by atoms with Crippen LogP contribution >= 0.6 is 11.3 Å². The van der Waals surface area contributed by atoms with Gasteiger partial charge in [-0.05, 0) is 42.0 Å². The summed E-state index contributed by atoms with van der Waals surface area (Å²) < 4.78 is 0. The molecule has 0 aliphatic heterocycles. The molecule has 1 fully saturated rings. The molecule has 1 unspecified atom stereocenters. The Kier molecular flexibility index (Phi) is 2.43. The molecule has 0 aromatic carbocycles. The van der Waals surface area contributed by atoms with Gasteiger partial charge in [-0.1, -0.05) is 13.0 Å². The van der Waals surface area contributed by atoms with Crippen LogP contribution in [-0.4, -0.2) is 11.7 Å². The van der Waals surface area contributed by atoms with Gasteiger partial charge in [0.25, 0.3) is 0 Å². The molecule has 1 aliphatic rings. The summed E-state index contributed by atoms with van der Waals surface area (Å²) in [5.41, 5.74) is 0.144. The van der Waals surface area contributed by atoms with E-state index in [4.69, 9.17) is 0 Å². The van der Waals surface area contributed by atoms with Crippen molar-refractivity contribution in [1.82, 2.24) is 0 Å². The van der Waals surface area contributed by atoms with E-state index in [-0.39, 0.29) is 5.41 Å². The minimum Gasteiger partial charge on any atom is -0.396 e. The molecule has 1 heterocycles. The summed E-state index contributed by atoms with van der Waals surface area (Å²) in [6.45, 7) is 2.54. The van der Waals surface area contributed by atoms with Crippen LogP contribution in [0.15, 0.2) is 17.5 Å². The van der Waals surface area contributed by atoms with Gasteiger partial charge in [0.15, 0.2) is 0 Å². The maximum atomic E-state index is 9.40. The smallest absolute Gasteiger partial charge is 0.0490 e. The minimum atomic E-state index is 0.144. The zero-order valence-electron chi connectivity index (χ0n) is 7.99. The molecule has 1 aliphatic carbocycles. The van der Waals surface area contributed by atoms with E-state index in [9.17, 15) is 5.11 Å². The monoisotopic (exact) mass is 196 g/mol. The lowest BCUT2D eigenvalue weighted by molar-refractivity contribution is 0.120. The van der Waals surface area contributed by atoms with Crippen LogP contribution in [0.3, 0.4) is 0 Å². The van der Waals surface area contributed by atoms with E-state index in [1.807, 2.05) is 0 Å². The minimum absolute atomic E-state index is 0.144. The highest BCUT2D eigenvalue weighted by Crippen LogP contribution is 2.47. The van der Waals surface area contributed by atoms with Crippen LogP contribution in [0.4, 0.5) is 0 Å². The van der Waals surface area contributed by atoms with Gasteiger partial charge in [0, 0.05) is 11.5 Å². The Hall–Kier alpha value is -0.340. The summed E-state index contributed by atoms with van der Waals surface area (Å²) in [5, 5.41) is 11.5. The van der Waals surface area contributed by atoms with Gasteiger partial charge in [0.2, 0.25) is 0 Å². The normalized spacial score (nSPS) is 21.4. The van der Waals surface area contributed by atoms with Crippen molar-refractivity contribution in [3.8, 4) is 0 Å². The highest BCUT2D eigenvalue weighted by atomic mass is 32.1. The lowest BCUT2D eigenvalue weighted by Gasteiger charge is -2.26. The fraction of sp³-hybridized carbons (Fsp3) is 0.636. The lowest BCUT2D eigenvalue weighted by Crippen LogP contribution is -2.26. The van der Waals surface area contributed by atoms with Gasteiger partial charge in [0.1, 0.15) is 0 Å². The molecule has 2 rings (SSSR count). The fourth-order valence-electron chi connectivity index (χ4n) is 1.92. The van der Waals surface area contributed by atoms with Gasteiger partial charge in [-0.25, -0.2) is 0 Å². The van der Waals surface area contributed by atoms with E-state index in [0.29, 0.717) is 6.61 Å². The molecule has 0 spiro atoms. The standard InChI is InChI=1S/C11H16OS/c1-11(8-12,9-4-5-9)7-10-3-2-6-13-10/h2-3,6,9,12H,4-5,7-8H2,1H3. The summed E-state index contributed by atoms with van der Waals surface area (Å²) in [7, 11) is 0. The molecule has 2 heteroatoms. The molecule has 72 valence electrons. The zero-order chi connectivity index (χ0) is 9.31. The molecule has 1 aromatic heterocycles. The van der Waals surface area contributed by atoms with Gasteiger partial charge in [-0.2, -0.15) is 0 Å². The Morgan fingerprint density at radius 2 is 2.38 bits per heavy atom. The summed E-state index contributed by atoms with van der Waals surface area (Å²) in [6, 6.07) is 4.26. The zero-order valence-corrected chi connectivity index (χ0v) is 8.81. The molecular formula is C11H16OS. The molecule has 1 saturated carbocycles. The number of hydrogen-bond acceptors (Lipinski definition) is 2. The Labute approximate surface area is 83.4 Å². The van der Waals surface area contributed by atoms with E-state index in [1.165, 1.54) is 17.7 Å². The lowest BCUT2D eigenvalue weighted by atomic mass is 9.82. The predicted octanol–water partition coefficient (Wildman–Crippen LogP) is 2.70. The van der Waals surface area contributed by atoms with E-state index < -0.39 is 0 Å². The first-order chi connectivity index (χ1) is 6.24. The average Bonchev–Trinajstić information content (AvgIpc) is 2.88. The highest BCUT2D eigenvalue weighted by Gasteiger charge is 2.40. The van der Waals surface area contributed by atoms with Gasteiger partial charge in [0.05, 0.1) is 0 Å². The molecule has 13 heavy (non-hydrogen) atoms. The van der Waals surface area contributed by atoms with Crippen molar-refractivity contribution in [3.05, 3.63) is 22.4 Å². The number of rotatable bonds is 4. The second-order valence-electron chi connectivity index (χ2n) is 4.34. The van der Waals surface area contributed by atoms with Crippen LogP contribution in [0.5, 0.6) is 0 Å². The SMILES string of the molecule is CC(CO)(Cc1cccs1)C1CC1. The van der Waals surface area contributed by atoms with E-state index in [2.05, 4.69) is 24.4 Å². The highest BCUT2D eigenvalue weighted by molar-refractivity contribution is 7.09. The Balaban J connectivity index is 2.05. The van der Waals surface area contributed by atoms with Crippen molar-refractivity contribution in [1.29, 1.82) is 0 Å². The summed E-state index contributed by atoms with van der Waals surface area (Å²) in [4.78, 5) is 1.41. The largest absolute Gasteiger partial charge is 0.396 e. The molecule has 0 radical (unpaired) electrons. The van der Waals surface area contributed by atoms with Gasteiger partial charge >= 0.3 is 0 Å². The fourth-order valence-corrected chi connectivity index (χ4v) is 2.82. The number of aliphatic hydroxyl groups excluding tert-OH is 1. The third-order valence-electron chi connectivity index (χ3n) is 3.08. The maximum absolute atomic E-state index is 9.40. The van der Waals surface area contributed by atoms with Gasteiger partial charge in [-0.15, -0.1) is 11.3 Å². The first-order valence-corrected chi connectivity index (χ1v) is 5.76. The van der Waals surface area contributed by atoms with Gasteiger partial charge in [-0.3, -0.25) is 0 Å². The molecule has 0 saturated heterocycles. The molecular weight excluding hydrogens is 180 g/mol. The van der Waals surface area contributed by atoms with E-state index in [1.54, 1.807) is 11.3 Å².